The largest absolute Gasteiger partial charge is 0.387 e. The molecule has 0 saturated heterocycles. The van der Waals surface area contributed by atoms with E-state index in [2.05, 4.69) is 10.2 Å². The van der Waals surface area contributed by atoms with Crippen LogP contribution in [0.15, 0.2) is 36.5 Å². The first-order valence-corrected chi connectivity index (χ1v) is 6.48. The van der Waals surface area contributed by atoms with Crippen molar-refractivity contribution in [1.29, 1.82) is 0 Å². The molecule has 2 aromatic rings. The summed E-state index contributed by atoms with van der Waals surface area (Å²) < 4.78 is 0. The molecule has 0 spiro atoms. The molecular weight excluding hydrogens is 226 g/mol. The number of hydrogen-bond donors (Lipinski definition) is 1. The van der Waals surface area contributed by atoms with Gasteiger partial charge in [0, 0.05) is 0 Å². The maximum Gasteiger partial charge on any atom is 0.112 e. The summed E-state index contributed by atoms with van der Waals surface area (Å²) >= 11 is 0. The van der Waals surface area contributed by atoms with Gasteiger partial charge in [-0.1, -0.05) is 37.5 Å². The molecule has 4 nitrogen and oxygen atoms in total. The molecule has 94 valence electrons. The quantitative estimate of drug-likeness (QED) is 0.897. The predicted octanol–water partition coefficient (Wildman–Crippen LogP) is 2.49. The number of aliphatic hydroxyl groups is 1. The summed E-state index contributed by atoms with van der Waals surface area (Å²) in [5.74, 6) is 0.668. The highest BCUT2D eigenvalue weighted by molar-refractivity contribution is 5.28. The van der Waals surface area contributed by atoms with Crippen molar-refractivity contribution in [2.24, 2.45) is 5.92 Å². The Morgan fingerprint density at radius 2 is 2.06 bits per heavy atom. The second-order valence-corrected chi connectivity index (χ2v) is 4.94. The summed E-state index contributed by atoms with van der Waals surface area (Å²) in [5, 5.41) is 18.7. The van der Waals surface area contributed by atoms with Gasteiger partial charge < -0.3 is 5.11 Å². The summed E-state index contributed by atoms with van der Waals surface area (Å²) in [4.78, 5) is 1.57. The lowest BCUT2D eigenvalue weighted by Crippen LogP contribution is -2.15. The van der Waals surface area contributed by atoms with Crippen LogP contribution in [-0.2, 0) is 0 Å². The van der Waals surface area contributed by atoms with E-state index in [4.69, 9.17) is 0 Å². The standard InChI is InChI=1S/C14H17N3O/c18-14(9-11-5-4-6-11)13-10-15-17(16-13)12-7-2-1-3-8-12/h1-3,7-8,10-11,14,18H,4-6,9H2. The average Bonchev–Trinajstić information content (AvgIpc) is 2.84. The number of benzene rings is 1. The van der Waals surface area contributed by atoms with Crippen LogP contribution in [-0.4, -0.2) is 20.1 Å². The molecule has 0 radical (unpaired) electrons. The molecule has 1 atom stereocenters. The Morgan fingerprint density at radius 1 is 1.28 bits per heavy atom. The zero-order chi connectivity index (χ0) is 12.4. The molecule has 4 heteroatoms. The van der Waals surface area contributed by atoms with Crippen LogP contribution >= 0.6 is 0 Å². The van der Waals surface area contributed by atoms with Gasteiger partial charge in [0.2, 0.25) is 0 Å². The van der Waals surface area contributed by atoms with Gasteiger partial charge in [-0.05, 0) is 24.5 Å². The zero-order valence-electron chi connectivity index (χ0n) is 10.2. The highest BCUT2D eigenvalue weighted by Crippen LogP contribution is 2.34. The first-order valence-electron chi connectivity index (χ1n) is 6.48. The van der Waals surface area contributed by atoms with Crippen LogP contribution in [0.5, 0.6) is 0 Å². The fourth-order valence-corrected chi connectivity index (χ4v) is 2.28. The molecule has 1 aromatic carbocycles. The van der Waals surface area contributed by atoms with Crippen molar-refractivity contribution in [1.82, 2.24) is 15.0 Å². The van der Waals surface area contributed by atoms with E-state index in [1.165, 1.54) is 19.3 Å². The molecule has 0 aliphatic heterocycles. The highest BCUT2D eigenvalue weighted by Gasteiger charge is 2.23. The van der Waals surface area contributed by atoms with Crippen LogP contribution in [0.25, 0.3) is 5.69 Å². The van der Waals surface area contributed by atoms with E-state index in [0.29, 0.717) is 11.6 Å². The van der Waals surface area contributed by atoms with Crippen molar-refractivity contribution in [3.8, 4) is 5.69 Å². The molecular formula is C14H17N3O. The van der Waals surface area contributed by atoms with Gasteiger partial charge in [-0.2, -0.15) is 15.0 Å². The van der Waals surface area contributed by atoms with Crippen LogP contribution in [0.1, 0.15) is 37.5 Å². The molecule has 18 heavy (non-hydrogen) atoms. The Hall–Kier alpha value is -1.68. The van der Waals surface area contributed by atoms with Crippen molar-refractivity contribution in [2.45, 2.75) is 31.8 Å². The number of rotatable bonds is 4. The van der Waals surface area contributed by atoms with Gasteiger partial charge >= 0.3 is 0 Å². The number of para-hydroxylation sites is 1. The molecule has 1 aromatic heterocycles. The van der Waals surface area contributed by atoms with Crippen molar-refractivity contribution < 1.29 is 5.11 Å². The van der Waals surface area contributed by atoms with E-state index in [0.717, 1.165) is 12.1 Å². The monoisotopic (exact) mass is 243 g/mol. The van der Waals surface area contributed by atoms with Gasteiger partial charge in [-0.15, -0.1) is 0 Å². The van der Waals surface area contributed by atoms with E-state index >= 15 is 0 Å². The zero-order valence-corrected chi connectivity index (χ0v) is 10.2. The first-order chi connectivity index (χ1) is 8.83. The minimum atomic E-state index is -0.479. The molecule has 1 unspecified atom stereocenters. The lowest BCUT2D eigenvalue weighted by molar-refractivity contribution is 0.114. The van der Waals surface area contributed by atoms with E-state index in [-0.39, 0.29) is 0 Å². The maximum atomic E-state index is 10.1. The predicted molar refractivity (Wildman–Crippen MR) is 68.3 cm³/mol. The fourth-order valence-electron chi connectivity index (χ4n) is 2.28. The van der Waals surface area contributed by atoms with E-state index in [1.807, 2.05) is 30.3 Å². The van der Waals surface area contributed by atoms with Crippen molar-refractivity contribution in [3.05, 3.63) is 42.2 Å². The molecule has 0 amide bonds. The molecule has 1 saturated carbocycles. The molecule has 1 aliphatic rings. The van der Waals surface area contributed by atoms with Gasteiger partial charge in [0.1, 0.15) is 5.69 Å². The lowest BCUT2D eigenvalue weighted by Gasteiger charge is -2.26. The van der Waals surface area contributed by atoms with Crippen LogP contribution < -0.4 is 0 Å². The number of nitrogens with zero attached hydrogens (tertiary/aromatic N) is 3. The van der Waals surface area contributed by atoms with Gasteiger partial charge in [0.15, 0.2) is 0 Å². The third-order valence-electron chi connectivity index (χ3n) is 3.62. The minimum absolute atomic E-state index is 0.479. The second-order valence-electron chi connectivity index (χ2n) is 4.94. The molecule has 1 heterocycles. The normalized spacial score (nSPS) is 17.4. The molecule has 1 N–H and O–H groups in total. The average molecular weight is 243 g/mol. The Labute approximate surface area is 106 Å². The summed E-state index contributed by atoms with van der Waals surface area (Å²) in [6.45, 7) is 0. The van der Waals surface area contributed by atoms with Crippen molar-refractivity contribution in [2.75, 3.05) is 0 Å². The van der Waals surface area contributed by atoms with Crippen LogP contribution in [0.3, 0.4) is 0 Å². The molecule has 3 rings (SSSR count). The minimum Gasteiger partial charge on any atom is -0.387 e. The Morgan fingerprint density at radius 3 is 2.72 bits per heavy atom. The summed E-state index contributed by atoms with van der Waals surface area (Å²) in [5.41, 5.74) is 1.59. The maximum absolute atomic E-state index is 10.1. The fraction of sp³-hybridized carbons (Fsp3) is 0.429. The first kappa shape index (κ1) is 11.4. The van der Waals surface area contributed by atoms with E-state index in [1.54, 1.807) is 11.0 Å². The SMILES string of the molecule is OC(CC1CCC1)c1cnn(-c2ccccc2)n1. The molecule has 1 fully saturated rings. The van der Waals surface area contributed by atoms with Gasteiger partial charge in [-0.25, -0.2) is 0 Å². The topological polar surface area (TPSA) is 50.9 Å². The Kier molecular flexibility index (Phi) is 3.11. The van der Waals surface area contributed by atoms with E-state index < -0.39 is 6.10 Å². The lowest BCUT2D eigenvalue weighted by atomic mass is 9.81. The van der Waals surface area contributed by atoms with Crippen molar-refractivity contribution >= 4 is 0 Å². The third kappa shape index (κ3) is 2.29. The smallest absolute Gasteiger partial charge is 0.112 e. The number of aromatic nitrogens is 3. The summed E-state index contributed by atoms with van der Waals surface area (Å²) in [7, 11) is 0. The number of aliphatic hydroxyl groups excluding tert-OH is 1. The second kappa shape index (κ2) is 4.90. The molecule has 1 aliphatic carbocycles. The van der Waals surface area contributed by atoms with Crippen LogP contribution in [0.4, 0.5) is 0 Å². The summed E-state index contributed by atoms with van der Waals surface area (Å²) in [6, 6.07) is 9.75. The number of hydrogen-bond acceptors (Lipinski definition) is 3. The molecule has 0 bridgehead atoms. The van der Waals surface area contributed by atoms with Gasteiger partial charge in [0.05, 0.1) is 18.0 Å². The van der Waals surface area contributed by atoms with Crippen molar-refractivity contribution in [3.63, 3.8) is 0 Å². The Bertz CT molecular complexity index is 505. The van der Waals surface area contributed by atoms with Crippen LogP contribution in [0.2, 0.25) is 0 Å². The van der Waals surface area contributed by atoms with Gasteiger partial charge in [-0.3, -0.25) is 0 Å². The van der Waals surface area contributed by atoms with E-state index in [9.17, 15) is 5.11 Å². The summed E-state index contributed by atoms with van der Waals surface area (Å²) in [6.07, 6.45) is 5.78. The third-order valence-corrected chi connectivity index (χ3v) is 3.62. The van der Waals surface area contributed by atoms with Crippen LogP contribution in [0, 0.1) is 5.92 Å². The Balaban J connectivity index is 1.72. The van der Waals surface area contributed by atoms with Gasteiger partial charge in [0.25, 0.3) is 0 Å². The highest BCUT2D eigenvalue weighted by atomic mass is 16.3.